The van der Waals surface area contributed by atoms with E-state index in [1.54, 1.807) is 0 Å². The highest BCUT2D eigenvalue weighted by molar-refractivity contribution is 5.23. The lowest BCUT2D eigenvalue weighted by atomic mass is 10.3. The quantitative estimate of drug-likeness (QED) is 0.816. The zero-order valence-electron chi connectivity index (χ0n) is 9.80. The van der Waals surface area contributed by atoms with E-state index in [0.29, 0.717) is 11.9 Å². The van der Waals surface area contributed by atoms with Crippen LogP contribution in [0.5, 0.6) is 0 Å². The van der Waals surface area contributed by atoms with Gasteiger partial charge in [0, 0.05) is 32.4 Å². The van der Waals surface area contributed by atoms with Crippen molar-refractivity contribution in [2.45, 2.75) is 26.0 Å². The van der Waals surface area contributed by atoms with Crippen LogP contribution in [0.1, 0.15) is 13.3 Å². The summed E-state index contributed by atoms with van der Waals surface area (Å²) in [6.07, 6.45) is 3.38. The lowest BCUT2D eigenvalue weighted by Gasteiger charge is -2.21. The van der Waals surface area contributed by atoms with Crippen molar-refractivity contribution in [1.82, 2.24) is 14.7 Å². The Labute approximate surface area is 96.2 Å². The number of nitrogens with two attached hydrogens (primary N) is 1. The molecule has 1 aromatic heterocycles. The molecule has 0 bridgehead atoms. The molecule has 1 unspecified atom stereocenters. The fourth-order valence-electron chi connectivity index (χ4n) is 2.03. The summed E-state index contributed by atoms with van der Waals surface area (Å²) >= 11 is 0. The molecule has 16 heavy (non-hydrogen) atoms. The van der Waals surface area contributed by atoms with Gasteiger partial charge < -0.3 is 10.5 Å². The number of nitrogens with zero attached hydrogens (tertiary/aromatic N) is 3. The van der Waals surface area contributed by atoms with Gasteiger partial charge in [-0.3, -0.25) is 9.58 Å². The summed E-state index contributed by atoms with van der Waals surface area (Å²) in [4.78, 5) is 2.43. The minimum Gasteiger partial charge on any atom is -0.382 e. The van der Waals surface area contributed by atoms with Crippen molar-refractivity contribution in [3.63, 3.8) is 0 Å². The minimum atomic E-state index is 0.338. The Kier molecular flexibility index (Phi) is 3.79. The van der Waals surface area contributed by atoms with Crippen molar-refractivity contribution in [2.24, 2.45) is 0 Å². The van der Waals surface area contributed by atoms with Gasteiger partial charge in [0.2, 0.25) is 0 Å². The molecule has 5 heteroatoms. The third-order valence-electron chi connectivity index (χ3n) is 2.84. The van der Waals surface area contributed by atoms with Gasteiger partial charge in [-0.1, -0.05) is 0 Å². The molecule has 0 saturated carbocycles. The molecule has 2 heterocycles. The Hall–Kier alpha value is -1.07. The topological polar surface area (TPSA) is 56.3 Å². The maximum Gasteiger partial charge on any atom is 0.145 e. The van der Waals surface area contributed by atoms with Crippen LogP contribution in [0.3, 0.4) is 0 Å². The number of aromatic nitrogens is 2. The first kappa shape index (κ1) is 11.4. The SMILES string of the molecule is CC1CN(CCn2ccc(N)n2)CCCO1. The predicted octanol–water partition coefficient (Wildman–Crippen LogP) is 0.576. The predicted molar refractivity (Wildman–Crippen MR) is 63.1 cm³/mol. The summed E-state index contributed by atoms with van der Waals surface area (Å²) in [6.45, 7) is 7.03. The van der Waals surface area contributed by atoms with Crippen molar-refractivity contribution in [2.75, 3.05) is 32.0 Å². The zero-order chi connectivity index (χ0) is 11.4. The van der Waals surface area contributed by atoms with Gasteiger partial charge in [-0.25, -0.2) is 0 Å². The largest absolute Gasteiger partial charge is 0.382 e. The van der Waals surface area contributed by atoms with Gasteiger partial charge in [0.15, 0.2) is 0 Å². The molecular formula is C11H20N4O. The highest BCUT2D eigenvalue weighted by Gasteiger charge is 2.14. The van der Waals surface area contributed by atoms with E-state index in [4.69, 9.17) is 10.5 Å². The number of hydrogen-bond donors (Lipinski definition) is 1. The van der Waals surface area contributed by atoms with Crippen molar-refractivity contribution < 1.29 is 4.74 Å². The second-order valence-corrected chi connectivity index (χ2v) is 4.34. The molecule has 0 amide bonds. The number of ether oxygens (including phenoxy) is 1. The van der Waals surface area contributed by atoms with Crippen LogP contribution in [-0.4, -0.2) is 47.0 Å². The average Bonchev–Trinajstić information content (AvgIpc) is 2.55. The summed E-state index contributed by atoms with van der Waals surface area (Å²) in [5, 5.41) is 4.17. The lowest BCUT2D eigenvalue weighted by molar-refractivity contribution is 0.0672. The summed E-state index contributed by atoms with van der Waals surface area (Å²) in [5.41, 5.74) is 5.57. The van der Waals surface area contributed by atoms with E-state index in [1.165, 1.54) is 0 Å². The van der Waals surface area contributed by atoms with Gasteiger partial charge in [-0.2, -0.15) is 5.10 Å². The van der Waals surface area contributed by atoms with E-state index < -0.39 is 0 Å². The highest BCUT2D eigenvalue weighted by atomic mass is 16.5. The number of rotatable bonds is 3. The third-order valence-corrected chi connectivity index (χ3v) is 2.84. The van der Waals surface area contributed by atoms with Crippen LogP contribution in [-0.2, 0) is 11.3 Å². The summed E-state index contributed by atoms with van der Waals surface area (Å²) in [6, 6.07) is 1.83. The maximum atomic E-state index is 5.61. The first-order chi connectivity index (χ1) is 7.74. The van der Waals surface area contributed by atoms with Gasteiger partial charge in [-0.05, 0) is 19.4 Å². The molecule has 5 nitrogen and oxygen atoms in total. The summed E-state index contributed by atoms with van der Waals surface area (Å²) in [5.74, 6) is 0.590. The van der Waals surface area contributed by atoms with E-state index in [9.17, 15) is 0 Å². The van der Waals surface area contributed by atoms with Crippen LogP contribution < -0.4 is 5.73 Å². The Morgan fingerprint density at radius 2 is 2.44 bits per heavy atom. The first-order valence-electron chi connectivity index (χ1n) is 5.87. The molecule has 1 aromatic rings. The van der Waals surface area contributed by atoms with Crippen LogP contribution in [0.4, 0.5) is 5.82 Å². The Morgan fingerprint density at radius 1 is 1.56 bits per heavy atom. The monoisotopic (exact) mass is 224 g/mol. The summed E-state index contributed by atoms with van der Waals surface area (Å²) < 4.78 is 7.50. The molecule has 1 atom stereocenters. The molecule has 1 fully saturated rings. The fraction of sp³-hybridized carbons (Fsp3) is 0.727. The maximum absolute atomic E-state index is 5.61. The van der Waals surface area contributed by atoms with Crippen molar-refractivity contribution in [1.29, 1.82) is 0 Å². The second-order valence-electron chi connectivity index (χ2n) is 4.34. The van der Waals surface area contributed by atoms with Crippen molar-refractivity contribution in [3.05, 3.63) is 12.3 Å². The molecule has 0 aliphatic carbocycles. The molecule has 0 spiro atoms. The van der Waals surface area contributed by atoms with Crippen LogP contribution in [0.2, 0.25) is 0 Å². The van der Waals surface area contributed by atoms with E-state index in [-0.39, 0.29) is 0 Å². The van der Waals surface area contributed by atoms with Gasteiger partial charge >= 0.3 is 0 Å². The second kappa shape index (κ2) is 5.32. The van der Waals surface area contributed by atoms with Crippen LogP contribution >= 0.6 is 0 Å². The van der Waals surface area contributed by atoms with Crippen LogP contribution in [0, 0.1) is 0 Å². The third kappa shape index (κ3) is 3.21. The smallest absolute Gasteiger partial charge is 0.145 e. The van der Waals surface area contributed by atoms with E-state index in [1.807, 2.05) is 16.9 Å². The Balaban J connectivity index is 1.80. The number of hydrogen-bond acceptors (Lipinski definition) is 4. The fourth-order valence-corrected chi connectivity index (χ4v) is 2.03. The normalized spacial score (nSPS) is 23.2. The Bertz CT molecular complexity index is 326. The zero-order valence-corrected chi connectivity index (χ0v) is 9.80. The molecule has 1 aliphatic heterocycles. The molecule has 2 N–H and O–H groups in total. The van der Waals surface area contributed by atoms with Gasteiger partial charge in [-0.15, -0.1) is 0 Å². The molecule has 1 saturated heterocycles. The van der Waals surface area contributed by atoms with E-state index >= 15 is 0 Å². The van der Waals surface area contributed by atoms with Crippen molar-refractivity contribution in [3.8, 4) is 0 Å². The molecule has 0 radical (unpaired) electrons. The van der Waals surface area contributed by atoms with Crippen molar-refractivity contribution >= 4 is 5.82 Å². The highest BCUT2D eigenvalue weighted by Crippen LogP contribution is 2.05. The Morgan fingerprint density at radius 3 is 3.19 bits per heavy atom. The average molecular weight is 224 g/mol. The van der Waals surface area contributed by atoms with Gasteiger partial charge in [0.25, 0.3) is 0 Å². The first-order valence-corrected chi connectivity index (χ1v) is 5.87. The summed E-state index contributed by atoms with van der Waals surface area (Å²) in [7, 11) is 0. The number of anilines is 1. The molecule has 0 aromatic carbocycles. The minimum absolute atomic E-state index is 0.338. The van der Waals surface area contributed by atoms with Gasteiger partial charge in [0.1, 0.15) is 5.82 Å². The standard InChI is InChI=1S/C11H20N4O/c1-10-9-14(4-2-8-16-10)6-7-15-5-3-11(12)13-15/h3,5,10H,2,4,6-9H2,1H3,(H2,12,13). The lowest BCUT2D eigenvalue weighted by Crippen LogP contribution is -2.33. The van der Waals surface area contributed by atoms with E-state index in [2.05, 4.69) is 16.9 Å². The molecular weight excluding hydrogens is 204 g/mol. The molecule has 90 valence electrons. The number of nitrogen functional groups attached to an aromatic ring is 1. The molecule has 2 rings (SSSR count). The van der Waals surface area contributed by atoms with E-state index in [0.717, 1.165) is 39.2 Å². The van der Waals surface area contributed by atoms with Gasteiger partial charge in [0.05, 0.1) is 12.6 Å². The van der Waals surface area contributed by atoms with Crippen LogP contribution in [0.15, 0.2) is 12.3 Å². The van der Waals surface area contributed by atoms with Crippen LogP contribution in [0.25, 0.3) is 0 Å². The molecule has 1 aliphatic rings.